The van der Waals surface area contributed by atoms with E-state index in [0.717, 1.165) is 163 Å². The van der Waals surface area contributed by atoms with Gasteiger partial charge in [0.05, 0.1) is 140 Å². The first kappa shape index (κ1) is 92.7. The Balaban J connectivity index is 0.000000131. The number of nitrogens with one attached hydrogen (secondary N) is 3. The van der Waals surface area contributed by atoms with Gasteiger partial charge in [0.2, 0.25) is 0 Å². The van der Waals surface area contributed by atoms with Gasteiger partial charge in [-0.15, -0.1) is 0 Å². The minimum atomic E-state index is -0.975. The maximum absolute atomic E-state index is 12.0. The normalized spacial score (nSPS) is 18.5. The number of amides is 1. The van der Waals surface area contributed by atoms with E-state index in [4.69, 9.17) is 117 Å². The van der Waals surface area contributed by atoms with Gasteiger partial charge in [0, 0.05) is 40.3 Å². The van der Waals surface area contributed by atoms with Gasteiger partial charge < -0.3 is 53.1 Å². The maximum Gasteiger partial charge on any atom is 0.408 e. The molecule has 4 N–H and O–H groups in total. The number of alkyl carbamates (subject to hydrolysis) is 1. The number of aliphatic imine (C=N–C) groups is 1. The summed E-state index contributed by atoms with van der Waals surface area (Å²) in [6.45, 7) is 5.19. The van der Waals surface area contributed by atoms with E-state index in [1.165, 1.54) is 46.6 Å². The highest BCUT2D eigenvalue weighted by atomic mass is 35.5. The third-order valence-electron chi connectivity index (χ3n) is 20.8. The van der Waals surface area contributed by atoms with E-state index >= 15 is 0 Å². The lowest BCUT2D eigenvalue weighted by Gasteiger charge is -2.21. The van der Waals surface area contributed by atoms with Crippen LogP contribution in [0.25, 0.3) is 56.3 Å². The summed E-state index contributed by atoms with van der Waals surface area (Å²) in [5, 5.41) is 21.2. The fourth-order valence-electron chi connectivity index (χ4n) is 13.4. The number of nitrogens with zero attached hydrogens (tertiary/aromatic N) is 11. The molecule has 666 valence electrons. The zero-order chi connectivity index (χ0) is 90.1. The molecule has 3 aliphatic heterocycles. The topological polar surface area (TPSA) is 366 Å². The molecule has 5 aliphatic carbocycles. The van der Waals surface area contributed by atoms with Crippen LogP contribution in [0, 0.1) is 11.8 Å². The second kappa shape index (κ2) is 43.1. The van der Waals surface area contributed by atoms with Gasteiger partial charge in [-0.2, -0.15) is 0 Å². The van der Waals surface area contributed by atoms with Crippen molar-refractivity contribution in [3.63, 3.8) is 0 Å². The number of carboxylic acid groups (broad SMARTS) is 1. The van der Waals surface area contributed by atoms with Crippen molar-refractivity contribution in [3.8, 4) is 96.9 Å². The molecular formula is C93H92Cl6N14O15. The summed E-state index contributed by atoms with van der Waals surface area (Å²) in [6, 6.07) is 34.9. The van der Waals surface area contributed by atoms with Crippen LogP contribution < -0.4 is 39.6 Å². The lowest BCUT2D eigenvalue weighted by molar-refractivity contribution is -0.143. The molecular weight excluding hydrogens is 1770 g/mol. The summed E-state index contributed by atoms with van der Waals surface area (Å²) < 4.78 is 48.3. The molecule has 6 atom stereocenters. The fourth-order valence-corrected chi connectivity index (χ4v) is 14.7. The predicted octanol–water partition coefficient (Wildman–Crippen LogP) is 18.1. The number of esters is 3. The summed E-state index contributed by atoms with van der Waals surface area (Å²) in [6.07, 6.45) is 23.2. The average Bonchev–Trinajstić information content (AvgIpc) is 1.77. The number of aliphatic carboxylic acids is 1. The summed E-state index contributed by atoms with van der Waals surface area (Å²) in [7, 11) is 4.02. The van der Waals surface area contributed by atoms with E-state index in [9.17, 15) is 24.0 Å². The third-order valence-corrected chi connectivity index (χ3v) is 22.5. The molecule has 35 heteroatoms. The van der Waals surface area contributed by atoms with E-state index in [1.54, 1.807) is 45.3 Å². The molecule has 5 aromatic carbocycles. The number of carbonyl (C=O) groups is 5. The number of carboxylic acids is 1. The molecule has 5 saturated carbocycles. The number of carbonyl (C=O) groups excluding carboxylic acids is 4. The monoisotopic (exact) mass is 1850 g/mol. The van der Waals surface area contributed by atoms with Crippen LogP contribution in [0.3, 0.4) is 0 Å². The van der Waals surface area contributed by atoms with Crippen molar-refractivity contribution in [1.82, 2.24) is 65.8 Å². The molecule has 5 unspecified atom stereocenters. The number of rotatable bonds is 24. The van der Waals surface area contributed by atoms with Crippen LogP contribution in [0.1, 0.15) is 165 Å². The predicted molar refractivity (Wildman–Crippen MR) is 481 cm³/mol. The van der Waals surface area contributed by atoms with Crippen LogP contribution in [0.15, 0.2) is 158 Å². The van der Waals surface area contributed by atoms with Gasteiger partial charge in [-0.05, 0) is 245 Å². The van der Waals surface area contributed by atoms with Crippen molar-refractivity contribution in [1.29, 1.82) is 0 Å². The number of hydrogen-bond acceptors (Lipinski definition) is 27. The van der Waals surface area contributed by atoms with Crippen molar-refractivity contribution < 1.29 is 71.7 Å². The Hall–Kier alpha value is -11.5. The zero-order valence-electron chi connectivity index (χ0n) is 70.7. The Morgan fingerprint density at radius 2 is 0.805 bits per heavy atom. The van der Waals surface area contributed by atoms with E-state index in [1.807, 2.05) is 103 Å². The lowest BCUT2D eigenvalue weighted by atomic mass is 10.1. The van der Waals surface area contributed by atoms with Crippen LogP contribution in [0.4, 0.5) is 4.79 Å². The molecule has 10 aromatic rings. The van der Waals surface area contributed by atoms with Crippen LogP contribution in [-0.2, 0) is 38.1 Å². The van der Waals surface area contributed by atoms with Gasteiger partial charge in [-0.25, -0.2) is 64.2 Å². The van der Waals surface area contributed by atoms with Crippen LogP contribution in [-0.4, -0.2) is 172 Å². The number of methoxy groups -OCH3 is 3. The maximum atomic E-state index is 12.0. The summed E-state index contributed by atoms with van der Waals surface area (Å²) in [4.78, 5) is 105. The molecule has 0 bridgehead atoms. The molecule has 29 nitrogen and oxygen atoms in total. The third kappa shape index (κ3) is 26.8. The van der Waals surface area contributed by atoms with E-state index < -0.39 is 41.8 Å². The smallest absolute Gasteiger partial charge is 0.408 e. The molecule has 0 spiro atoms. The number of halogens is 6. The van der Waals surface area contributed by atoms with Gasteiger partial charge in [0.25, 0.3) is 0 Å². The van der Waals surface area contributed by atoms with Crippen molar-refractivity contribution in [2.45, 2.75) is 202 Å². The van der Waals surface area contributed by atoms with Crippen LogP contribution in [0.2, 0.25) is 30.3 Å². The highest BCUT2D eigenvalue weighted by Gasteiger charge is 2.35. The first-order valence-corrected chi connectivity index (χ1v) is 44.1. The van der Waals surface area contributed by atoms with Crippen LogP contribution >= 0.6 is 69.6 Å². The first-order valence-electron chi connectivity index (χ1n) is 41.9. The van der Waals surface area contributed by atoms with Gasteiger partial charge in [0.1, 0.15) is 101 Å². The Kier molecular flexibility index (Phi) is 31.2. The highest BCUT2D eigenvalue weighted by molar-refractivity contribution is 6.34. The Morgan fingerprint density at radius 3 is 1.19 bits per heavy atom. The van der Waals surface area contributed by atoms with Crippen LogP contribution in [0.5, 0.6) is 28.7 Å². The van der Waals surface area contributed by atoms with Gasteiger partial charge in [-0.3, -0.25) is 25.2 Å². The summed E-state index contributed by atoms with van der Waals surface area (Å²) >= 11 is 37.4. The lowest BCUT2D eigenvalue weighted by Crippen LogP contribution is -2.43. The molecule has 7 fully saturated rings. The first-order chi connectivity index (χ1) is 61.7. The highest BCUT2D eigenvalue weighted by Crippen LogP contribution is 2.42. The Labute approximate surface area is 769 Å². The number of ether oxygens (including phenoxy) is 9. The molecule has 8 heterocycles. The number of hydrogen-bond donors (Lipinski definition) is 4. The fraction of sp³-hybridized carbons (Fsp3) is 0.376. The van der Waals surface area contributed by atoms with Crippen molar-refractivity contribution in [2.75, 3.05) is 21.3 Å². The Morgan fingerprint density at radius 1 is 0.430 bits per heavy atom. The second-order valence-corrected chi connectivity index (χ2v) is 34.6. The quantitative estimate of drug-likeness (QED) is 0.0189. The van der Waals surface area contributed by atoms with E-state index in [-0.39, 0.29) is 42.6 Å². The van der Waals surface area contributed by atoms with Crippen molar-refractivity contribution in [3.05, 3.63) is 206 Å². The molecule has 18 rings (SSSR count). The van der Waals surface area contributed by atoms with Crippen molar-refractivity contribution in [2.24, 2.45) is 4.99 Å². The Bertz CT molecular complexity index is 5790. The minimum absolute atomic E-state index is 0.00814. The second-order valence-electron chi connectivity index (χ2n) is 32.2. The summed E-state index contributed by atoms with van der Waals surface area (Å²) in [5.74, 6) is 7.24. The molecule has 1 amide bonds. The van der Waals surface area contributed by atoms with Crippen molar-refractivity contribution >= 4 is 105 Å². The number of benzene rings is 5. The zero-order valence-corrected chi connectivity index (χ0v) is 75.2. The minimum Gasteiger partial charge on any atom is -0.489 e. The van der Waals surface area contributed by atoms with Gasteiger partial charge in [-0.1, -0.05) is 75.5 Å². The van der Waals surface area contributed by atoms with E-state index in [2.05, 4.69) is 82.6 Å². The van der Waals surface area contributed by atoms with Gasteiger partial charge in [0.15, 0.2) is 0 Å². The van der Waals surface area contributed by atoms with E-state index in [0.29, 0.717) is 108 Å². The molecule has 128 heavy (non-hydrogen) atoms. The van der Waals surface area contributed by atoms with Gasteiger partial charge >= 0.3 is 30.0 Å². The standard InChI is InChI=1S/C24H26ClN3O5.C19H20ClN3O3.C19H18ClN3O3.C18H18ClN3O3.C13H10Cl2N2O/c1-24(2,3)33-23(30)28-19(22(29)31-4)7-5-6-16-13-20(27-14-26-16)15-8-11-21(18(25)12-15)32-17-9-10-17;2*1-25-19(24)15-6-5-14(23-15)17-9-16(21-10-22-17)11-2-7-18(13(20)8-11)26-12-3-4-12;19-12-7-10(1-6-17(12)25-11-2-3-11)15-8-16(21-9-20-15)13-4-5-14(22-13)18(23)24;14-10-5-8(11-6-13(15)17-7-16-11)1-4-12(10)18-9-2-3-9/h8,11-14,17,19H,7,9-10H2,1-4H3,(H,28,30);2,7-10,12,14-15,23H,3-6H2,1H3;2,7-10,12,15H,3-6H2,1H3;1,6-9,11,13-14,22H,2-5H2,(H,23,24);1,4-7,9H,2-3H2/t19-;;;;/m0..../s1. The molecule has 2 saturated heterocycles. The largest absolute Gasteiger partial charge is 0.489 e. The molecule has 0 radical (unpaired) electrons. The number of aromatic nitrogens is 10. The molecule has 8 aliphatic rings. The average molecular weight is 1860 g/mol. The SMILES string of the molecule is COC(=O)C1CCC(c2cc(-c3ccc(OC4CC4)c(Cl)c3)ncn2)=N1.COC(=O)C1CCC(c2cc(-c3ccc(OC4CC4)c(Cl)c3)ncn2)N1.COC(=O)[C@H](CC#Cc1cc(-c2ccc(OC3CC3)c(Cl)c2)ncn1)NC(=O)OC(C)(C)C.Clc1cc(-c2ccc(OC3CC3)c(Cl)c2)ncn1.O=C(O)C1CCC(c2cc(-c3ccc(OC4CC4)c(Cl)c3)ncn2)N1. The molecule has 5 aromatic heterocycles. The summed E-state index contributed by atoms with van der Waals surface area (Å²) in [5.41, 5.74) is 11.0.